The van der Waals surface area contributed by atoms with Crippen LogP contribution in [0.3, 0.4) is 0 Å². The van der Waals surface area contributed by atoms with Crippen LogP contribution in [0.2, 0.25) is 0 Å². The fraction of sp³-hybridized carbons (Fsp3) is 0.719. The molecule has 7 atom stereocenters. The van der Waals surface area contributed by atoms with E-state index in [-0.39, 0.29) is 5.41 Å². The van der Waals surface area contributed by atoms with E-state index in [4.69, 9.17) is 0 Å². The Balaban J connectivity index is 0.000000531. The van der Waals surface area contributed by atoms with E-state index in [1.807, 2.05) is 46.2 Å². The van der Waals surface area contributed by atoms with Crippen molar-refractivity contribution in [2.24, 2.45) is 34.5 Å². The largest absolute Gasteiger partial charge is 0.385 e. The third-order valence-corrected chi connectivity index (χ3v) is 9.64. The van der Waals surface area contributed by atoms with Gasteiger partial charge in [-0.1, -0.05) is 66.2 Å². The molecule has 1 aromatic heterocycles. The Kier molecular flexibility index (Phi) is 10.0. The number of aliphatic hydroxyl groups is 1. The summed E-state index contributed by atoms with van der Waals surface area (Å²) in [7, 11) is 0. The minimum absolute atomic E-state index is 0.0130. The quantitative estimate of drug-likeness (QED) is 0.333. The van der Waals surface area contributed by atoms with Gasteiger partial charge in [-0.2, -0.15) is 0 Å². The van der Waals surface area contributed by atoms with Crippen LogP contribution in [0.15, 0.2) is 36.2 Å². The lowest BCUT2D eigenvalue weighted by Crippen LogP contribution is -2.53. The molecule has 1 N–H and O–H groups in total. The molecular weight excluding hydrogens is 414 g/mol. The molecule has 190 valence electrons. The molecule has 3 fully saturated rings. The molecule has 2 nitrogen and oxygen atoms in total. The van der Waals surface area contributed by atoms with Gasteiger partial charge >= 0.3 is 0 Å². The summed E-state index contributed by atoms with van der Waals surface area (Å²) in [6, 6.07) is 4.07. The summed E-state index contributed by atoms with van der Waals surface area (Å²) in [5.41, 5.74) is 2.51. The zero-order valence-electron chi connectivity index (χ0n) is 23.3. The van der Waals surface area contributed by atoms with E-state index >= 15 is 0 Å². The molecule has 5 rings (SSSR count). The molecule has 0 radical (unpaired) electrons. The third kappa shape index (κ3) is 4.75. The molecule has 0 spiro atoms. The second-order valence-electron chi connectivity index (χ2n) is 11.0. The van der Waals surface area contributed by atoms with Crippen LogP contribution in [0, 0.1) is 46.8 Å². The second-order valence-corrected chi connectivity index (χ2v) is 11.0. The lowest BCUT2D eigenvalue weighted by molar-refractivity contribution is -0.128. The van der Waals surface area contributed by atoms with Gasteiger partial charge in [0.05, 0.1) is 5.60 Å². The number of fused-ring (bicyclic) bond motifs is 5. The molecule has 3 saturated carbocycles. The van der Waals surface area contributed by atoms with Crippen LogP contribution in [-0.4, -0.2) is 10.1 Å². The Morgan fingerprint density at radius 1 is 1.03 bits per heavy atom. The summed E-state index contributed by atoms with van der Waals surface area (Å²) in [5, 5.41) is 11.9. The number of hydrogen-bond donors (Lipinski definition) is 1. The molecule has 0 aromatic carbocycles. The number of aromatic nitrogens is 1. The number of rotatable bonds is 1. The van der Waals surface area contributed by atoms with Gasteiger partial charge in [0, 0.05) is 23.4 Å². The molecule has 1 aromatic rings. The van der Waals surface area contributed by atoms with Crippen molar-refractivity contribution < 1.29 is 5.11 Å². The first kappa shape index (κ1) is 28.6. The molecular formula is C32H51NO. The molecule has 0 amide bonds. The minimum atomic E-state index is -0.705. The molecule has 1 heterocycles. The zero-order chi connectivity index (χ0) is 25.6. The summed E-state index contributed by atoms with van der Waals surface area (Å²) in [4.78, 5) is 4.33. The van der Waals surface area contributed by atoms with Gasteiger partial charge in [-0.15, -0.1) is 12.3 Å². The van der Waals surface area contributed by atoms with Crippen LogP contribution >= 0.6 is 0 Å². The predicted molar refractivity (Wildman–Crippen MR) is 146 cm³/mol. The lowest BCUT2D eigenvalue weighted by atomic mass is 9.46. The highest BCUT2D eigenvalue weighted by atomic mass is 16.3. The van der Waals surface area contributed by atoms with Gasteiger partial charge in [0.2, 0.25) is 0 Å². The predicted octanol–water partition coefficient (Wildman–Crippen LogP) is 8.56. The van der Waals surface area contributed by atoms with E-state index in [0.29, 0.717) is 11.3 Å². The van der Waals surface area contributed by atoms with E-state index in [1.54, 1.807) is 12.5 Å². The standard InChI is InChI=1S/C25H35NO.C3H4.2C2H6/c1-17-8-11-23(2)18(15-17)6-7-20-21(23)9-12-24(3)22(20)10-13-25(24,27)19-5-4-14-26-16-19;1-3-2;2*1-2/h4-6,14,16-17,20-22,27H,7-13,15H2,1-3H3;1H,2H3;2*1-2H3. The topological polar surface area (TPSA) is 33.1 Å². The van der Waals surface area contributed by atoms with E-state index in [9.17, 15) is 5.11 Å². The molecule has 7 unspecified atom stereocenters. The van der Waals surface area contributed by atoms with Crippen LogP contribution in [0.1, 0.15) is 112 Å². The highest BCUT2D eigenvalue weighted by molar-refractivity contribution is 5.29. The maximum absolute atomic E-state index is 11.9. The summed E-state index contributed by atoms with van der Waals surface area (Å²) in [6.45, 7) is 17.0. The molecule has 2 heteroatoms. The Bertz CT molecular complexity index is 838. The monoisotopic (exact) mass is 465 g/mol. The molecule has 4 aliphatic rings. The molecule has 0 bridgehead atoms. The Morgan fingerprint density at radius 3 is 2.29 bits per heavy atom. The molecule has 4 aliphatic carbocycles. The van der Waals surface area contributed by atoms with Crippen LogP contribution in [0.25, 0.3) is 0 Å². The maximum atomic E-state index is 11.9. The van der Waals surface area contributed by atoms with Crippen molar-refractivity contribution >= 4 is 0 Å². The lowest BCUT2D eigenvalue weighted by Gasteiger charge is -2.59. The SMILES string of the molecule is C#CC.CC.CC.CC1CCC2(C)C(=CCC3C2CCC2(C)C3CCC2(O)c2cccnc2)C1. The van der Waals surface area contributed by atoms with E-state index in [2.05, 4.69) is 50.2 Å². The molecule has 34 heavy (non-hydrogen) atoms. The van der Waals surface area contributed by atoms with Gasteiger partial charge < -0.3 is 5.11 Å². The van der Waals surface area contributed by atoms with Crippen molar-refractivity contribution in [2.45, 2.75) is 112 Å². The first-order valence-electron chi connectivity index (χ1n) is 14.0. The summed E-state index contributed by atoms with van der Waals surface area (Å²) < 4.78 is 0. The van der Waals surface area contributed by atoms with Crippen molar-refractivity contribution in [1.29, 1.82) is 0 Å². The van der Waals surface area contributed by atoms with Crippen LogP contribution < -0.4 is 0 Å². The maximum Gasteiger partial charge on any atom is 0.0967 e. The Morgan fingerprint density at radius 2 is 1.68 bits per heavy atom. The summed E-state index contributed by atoms with van der Waals surface area (Å²) >= 11 is 0. The fourth-order valence-electron chi connectivity index (χ4n) is 7.94. The number of terminal acetylenes is 1. The second kappa shape index (κ2) is 11.9. The zero-order valence-corrected chi connectivity index (χ0v) is 23.3. The Hall–Kier alpha value is -1.59. The van der Waals surface area contributed by atoms with Crippen molar-refractivity contribution in [1.82, 2.24) is 4.98 Å². The van der Waals surface area contributed by atoms with Crippen molar-refractivity contribution in [3.05, 3.63) is 41.7 Å². The summed E-state index contributed by atoms with van der Waals surface area (Å²) in [6.07, 6.45) is 20.8. The van der Waals surface area contributed by atoms with Crippen molar-refractivity contribution in [3.63, 3.8) is 0 Å². The van der Waals surface area contributed by atoms with Gasteiger partial charge in [-0.25, -0.2) is 0 Å². The van der Waals surface area contributed by atoms with Crippen LogP contribution in [0.4, 0.5) is 0 Å². The van der Waals surface area contributed by atoms with E-state index < -0.39 is 5.60 Å². The minimum Gasteiger partial charge on any atom is -0.385 e. The van der Waals surface area contributed by atoms with Crippen molar-refractivity contribution in [3.8, 4) is 12.3 Å². The highest BCUT2D eigenvalue weighted by Crippen LogP contribution is 2.69. The normalized spacial score (nSPS) is 39.5. The van der Waals surface area contributed by atoms with Crippen molar-refractivity contribution in [2.75, 3.05) is 0 Å². The van der Waals surface area contributed by atoms with Gasteiger partial charge in [0.15, 0.2) is 0 Å². The van der Waals surface area contributed by atoms with Gasteiger partial charge in [-0.05, 0) is 93.4 Å². The summed E-state index contributed by atoms with van der Waals surface area (Å²) in [5.74, 6) is 5.31. The first-order valence-corrected chi connectivity index (χ1v) is 14.0. The van der Waals surface area contributed by atoms with E-state index in [0.717, 1.165) is 36.2 Å². The number of hydrogen-bond acceptors (Lipinski definition) is 2. The average Bonchev–Trinajstić information content (AvgIpc) is 3.15. The van der Waals surface area contributed by atoms with Crippen LogP contribution in [-0.2, 0) is 5.60 Å². The number of pyridine rings is 1. The van der Waals surface area contributed by atoms with Gasteiger partial charge in [0.25, 0.3) is 0 Å². The molecule has 0 saturated heterocycles. The highest BCUT2D eigenvalue weighted by Gasteiger charge is 2.64. The number of nitrogens with zero attached hydrogens (tertiary/aromatic N) is 1. The smallest absolute Gasteiger partial charge is 0.0967 e. The average molecular weight is 466 g/mol. The molecule has 0 aliphatic heterocycles. The van der Waals surface area contributed by atoms with Crippen LogP contribution in [0.5, 0.6) is 0 Å². The van der Waals surface area contributed by atoms with E-state index in [1.165, 1.54) is 38.5 Å². The first-order chi connectivity index (χ1) is 16.3. The number of allylic oxidation sites excluding steroid dienone is 2. The Labute approximate surface area is 211 Å². The third-order valence-electron chi connectivity index (χ3n) is 9.64. The fourth-order valence-corrected chi connectivity index (χ4v) is 7.94. The van der Waals surface area contributed by atoms with Gasteiger partial charge in [0.1, 0.15) is 0 Å². The van der Waals surface area contributed by atoms with Gasteiger partial charge in [-0.3, -0.25) is 4.98 Å².